The second kappa shape index (κ2) is 41.9. The summed E-state index contributed by atoms with van der Waals surface area (Å²) in [4.78, 5) is 87.2. The average molecular weight is 1810 g/mol. The Balaban J connectivity index is 0.000000147. The summed E-state index contributed by atoms with van der Waals surface area (Å²) >= 11 is 5.50. The maximum atomic E-state index is 11.5. The lowest BCUT2D eigenvalue weighted by molar-refractivity contribution is -0.0372. The third-order valence-electron chi connectivity index (χ3n) is 19.9. The van der Waals surface area contributed by atoms with Crippen LogP contribution in [-0.2, 0) is 14.2 Å². The molecule has 17 aromatic heterocycles. The topological polar surface area (TPSA) is 436 Å². The third kappa shape index (κ3) is 20.5. The summed E-state index contributed by atoms with van der Waals surface area (Å²) in [5.74, 6) is 1.41. The van der Waals surface area contributed by atoms with Gasteiger partial charge in [0.2, 0.25) is 0 Å². The maximum Gasteiger partial charge on any atom is 0.490 e. The summed E-state index contributed by atoms with van der Waals surface area (Å²) in [6, 6.07) is 21.1. The summed E-state index contributed by atoms with van der Waals surface area (Å²) < 4.78 is 23.7. The van der Waals surface area contributed by atoms with E-state index >= 15 is 0 Å². The first-order valence-electron chi connectivity index (χ1n) is 38.0. The van der Waals surface area contributed by atoms with Crippen molar-refractivity contribution in [3.63, 3.8) is 0 Å². The van der Waals surface area contributed by atoms with Crippen LogP contribution in [0.25, 0.3) is 123 Å². The van der Waals surface area contributed by atoms with E-state index in [0.29, 0.717) is 56.8 Å². The molecule has 0 saturated carbocycles. The third-order valence-corrected chi connectivity index (χ3v) is 20.3. The number of hydrogen-bond acceptors (Lipinski definition) is 26. The number of alkyl halides is 1. The molecule has 3 unspecified atom stereocenters. The Kier molecular flexibility index (Phi) is 30.9. The highest BCUT2D eigenvalue weighted by atomic mass is 127. The second-order valence-corrected chi connectivity index (χ2v) is 28.6. The van der Waals surface area contributed by atoms with Gasteiger partial charge in [0, 0.05) is 156 Å². The van der Waals surface area contributed by atoms with E-state index in [4.69, 9.17) is 50.8 Å². The van der Waals surface area contributed by atoms with Crippen molar-refractivity contribution >= 4 is 141 Å². The summed E-state index contributed by atoms with van der Waals surface area (Å²) in [7, 11) is -1.41. The number of aromatic nitrogens is 23. The fourth-order valence-electron chi connectivity index (χ4n) is 13.7. The standard InChI is InChI=1S/C23H21N7O.C18H13N7.C18H18N4O2.C12H12BrN3O2.C6H8BNO2.C5H7N3.CH3I.3CH4/c1-14-5-7-24-12-17(14)15-10-16-21(22-27-18-6-8-25-13-19(18)28-22)29-30(23(16)26-11-15)20-4-2-3-9-31-20;1-10-2-4-19-8-13(10)11-6-12-16(24-25-17(12)21-7-11)18-22-14-3-5-20-9-15(14)23-18;1-12-5-6-19-10-15(12)13-8-14-16(11-23)21-22(18(14)20-9-13)17-4-2-3-7-24-17;13-8-5-9-10(7-17)15-16(12(9)14-6-8)11-3-1-2-4-18-11;1-5-2-3-8-4-6(5)7(9)10;6-4-1-2-8-3-5(4)7;1-2;;;/h5-8,10-13,20H,2-4,9H2,1H3,(H,27,28);2-9H,1H3,(H,22,23)(H,21,24,25);5-6,8-11,17H,2-4,7H2,1H3;5-7,11H,1-4H2;2-4,9-10H,1H3;1-3H,7H2,(H2,6,8);1H3;3*1H4. The van der Waals surface area contributed by atoms with Gasteiger partial charge in [0.15, 0.2) is 65.5 Å². The van der Waals surface area contributed by atoms with Crippen LogP contribution in [0.15, 0.2) is 183 Å². The smallest absolute Gasteiger partial charge is 0.423 e. The Bertz CT molecular complexity index is 6250. The number of nitrogens with two attached hydrogens (primary N) is 2. The number of aryl methyl sites for hydroxylation is 4. The minimum atomic E-state index is -1.41. The van der Waals surface area contributed by atoms with E-state index in [-0.39, 0.29) is 41.0 Å². The van der Waals surface area contributed by atoms with Crippen LogP contribution in [0, 0.1) is 27.7 Å². The number of aromatic amines is 3. The van der Waals surface area contributed by atoms with Crippen molar-refractivity contribution in [3.05, 3.63) is 216 Å². The van der Waals surface area contributed by atoms with Crippen molar-refractivity contribution in [1.29, 1.82) is 0 Å². The molecule has 3 aliphatic heterocycles. The number of carbonyl (C=O) groups is 2. The van der Waals surface area contributed by atoms with Crippen molar-refractivity contribution < 1.29 is 33.8 Å². The Labute approximate surface area is 720 Å². The first-order chi connectivity index (χ1) is 57.7. The number of pyridine rings is 11. The molecule has 121 heavy (non-hydrogen) atoms. The van der Waals surface area contributed by atoms with Gasteiger partial charge in [0.1, 0.15) is 22.8 Å². The minimum Gasteiger partial charge on any atom is -0.423 e. The molecule has 17 aromatic rings. The molecular formula is C86H94BBrIN25O7. The highest BCUT2D eigenvalue weighted by Crippen LogP contribution is 2.37. The molecule has 20 heterocycles. The number of anilines is 2. The van der Waals surface area contributed by atoms with Crippen LogP contribution >= 0.6 is 38.5 Å². The van der Waals surface area contributed by atoms with E-state index in [1.807, 2.05) is 96.2 Å². The maximum absolute atomic E-state index is 11.5. The zero-order valence-corrected chi connectivity index (χ0v) is 68.7. The zero-order chi connectivity index (χ0) is 82.2. The van der Waals surface area contributed by atoms with Crippen LogP contribution in [0.1, 0.15) is 142 Å². The SMILES string of the molecule is C.C.C.CI.Cc1ccncc1-c1cnc2c(c1)c(-c1nc3ccncc3[nH]1)nn2C1CCCCO1.Cc1ccncc1-c1cnc2c(c1)c(C=O)nn2C1CCCCO1.Cc1ccncc1-c1cnc2n[nH]c(-c3nc4ccncc4[nH]3)c2c1.Cc1ccncc1B(O)O.Nc1ccncc1N.O=Cc1nn(C2CCCCO2)c2ncc(Br)cc12. The molecule has 0 amide bonds. The van der Waals surface area contributed by atoms with Gasteiger partial charge in [-0.1, -0.05) is 44.9 Å². The van der Waals surface area contributed by atoms with Crippen molar-refractivity contribution in [1.82, 2.24) is 114 Å². The predicted molar refractivity (Wildman–Crippen MR) is 483 cm³/mol. The van der Waals surface area contributed by atoms with E-state index in [1.165, 1.54) is 12.4 Å². The van der Waals surface area contributed by atoms with Crippen LogP contribution in [0.4, 0.5) is 11.4 Å². The summed E-state index contributed by atoms with van der Waals surface area (Å²) in [5.41, 5.74) is 31.2. The van der Waals surface area contributed by atoms with Gasteiger partial charge >= 0.3 is 7.12 Å². The normalized spacial score (nSPS) is 14.7. The zero-order valence-electron chi connectivity index (χ0n) is 65.0. The highest BCUT2D eigenvalue weighted by Gasteiger charge is 2.28. The molecular weight excluding hydrogens is 1710 g/mol. The first-order valence-corrected chi connectivity index (χ1v) is 40.9. The largest absolute Gasteiger partial charge is 0.490 e. The number of fused-ring (bicyclic) bond motifs is 6. The number of imidazole rings is 2. The van der Waals surface area contributed by atoms with Crippen LogP contribution in [0.5, 0.6) is 0 Å². The van der Waals surface area contributed by atoms with Gasteiger partial charge in [0.05, 0.1) is 73.6 Å². The van der Waals surface area contributed by atoms with Crippen LogP contribution in [0.2, 0.25) is 0 Å². The van der Waals surface area contributed by atoms with Crippen molar-refractivity contribution in [2.75, 3.05) is 36.2 Å². The first kappa shape index (κ1) is 89.3. The number of aldehydes is 2. The lowest BCUT2D eigenvalue weighted by atomic mass is 9.79. The van der Waals surface area contributed by atoms with Gasteiger partial charge in [-0.25, -0.2) is 43.9 Å². The van der Waals surface area contributed by atoms with Crippen LogP contribution in [-0.4, -0.2) is 169 Å². The molecule has 0 bridgehead atoms. The van der Waals surface area contributed by atoms with Gasteiger partial charge in [-0.05, 0) is 195 Å². The van der Waals surface area contributed by atoms with Gasteiger partial charge in [0.25, 0.3) is 0 Å². The molecule has 3 atom stereocenters. The Morgan fingerprint density at radius 2 is 0.884 bits per heavy atom. The fraction of sp³-hybridized carbons (Fsp3) is 0.267. The Morgan fingerprint density at radius 3 is 1.33 bits per heavy atom. The fourth-order valence-corrected chi connectivity index (χ4v) is 14.1. The molecule has 32 nitrogen and oxygen atoms in total. The molecule has 0 spiro atoms. The second-order valence-electron chi connectivity index (χ2n) is 27.7. The summed E-state index contributed by atoms with van der Waals surface area (Å²) in [5, 5.41) is 41.8. The predicted octanol–water partition coefficient (Wildman–Crippen LogP) is 16.0. The van der Waals surface area contributed by atoms with E-state index in [9.17, 15) is 9.59 Å². The van der Waals surface area contributed by atoms with E-state index in [1.54, 1.807) is 90.4 Å². The van der Waals surface area contributed by atoms with Gasteiger partial charge < -0.3 is 45.7 Å². The van der Waals surface area contributed by atoms with E-state index in [0.717, 1.165) is 211 Å². The minimum absolute atomic E-state index is 0. The lowest BCUT2D eigenvalue weighted by Crippen LogP contribution is -2.32. The monoisotopic (exact) mass is 1810 g/mol. The van der Waals surface area contributed by atoms with Crippen molar-refractivity contribution in [2.24, 2.45) is 0 Å². The number of nitrogens with zero attached hydrogens (tertiary/aromatic N) is 20. The molecule has 622 valence electrons. The summed E-state index contributed by atoms with van der Waals surface area (Å²) in [6.45, 7) is 10.2. The molecule has 3 fully saturated rings. The molecule has 3 saturated heterocycles. The van der Waals surface area contributed by atoms with Gasteiger partial charge in [-0.2, -0.15) is 20.4 Å². The van der Waals surface area contributed by atoms with Crippen LogP contribution in [0.3, 0.4) is 0 Å². The number of nitrogens with one attached hydrogen (secondary N) is 3. The molecule has 0 aliphatic carbocycles. The number of H-pyrrole nitrogens is 3. The van der Waals surface area contributed by atoms with Crippen LogP contribution < -0.4 is 16.9 Å². The highest BCUT2D eigenvalue weighted by molar-refractivity contribution is 14.1. The molecule has 20 rings (SSSR count). The number of nitrogen functional groups attached to an aromatic ring is 2. The quantitative estimate of drug-likeness (QED) is 0.0274. The molecule has 3 aliphatic rings. The van der Waals surface area contributed by atoms with E-state index < -0.39 is 7.12 Å². The van der Waals surface area contributed by atoms with Gasteiger partial charge in [-0.15, -0.1) is 0 Å². The lowest BCUT2D eigenvalue weighted by Gasteiger charge is -2.23. The number of ether oxygens (including phenoxy) is 3. The number of halogens is 2. The summed E-state index contributed by atoms with van der Waals surface area (Å²) in [6.07, 6.45) is 41.7. The average Bonchev–Trinajstić information content (AvgIpc) is 1.62. The number of hydrogen-bond donors (Lipinski definition) is 7. The Morgan fingerprint density at radius 1 is 0.471 bits per heavy atom. The van der Waals surface area contributed by atoms with E-state index in [2.05, 4.69) is 150 Å². The molecule has 9 N–H and O–H groups in total. The molecule has 0 aromatic carbocycles. The van der Waals surface area contributed by atoms with Crippen molar-refractivity contribution in [3.8, 4) is 56.4 Å². The number of carbonyl (C=O) groups excluding carboxylic acids is 2. The van der Waals surface area contributed by atoms with Gasteiger partial charge in [-0.3, -0.25) is 49.6 Å². The van der Waals surface area contributed by atoms with Crippen molar-refractivity contribution in [2.45, 2.75) is 126 Å². The molecule has 0 radical (unpaired) electrons. The Hall–Kier alpha value is -12.5. The number of rotatable bonds is 11. The molecule has 35 heteroatoms.